The SMILES string of the molecule is Cc1cc(N)nc(-c2cc3c4c(c2Cl)=NCNC=4N(CCN(C)C)C=CO3)c1C(F)(F)F. The van der Waals surface area contributed by atoms with Crippen LogP contribution in [0.4, 0.5) is 19.0 Å². The number of rotatable bonds is 4. The molecule has 7 nitrogen and oxygen atoms in total. The van der Waals surface area contributed by atoms with Crippen molar-refractivity contribution >= 4 is 23.2 Å². The van der Waals surface area contributed by atoms with Gasteiger partial charge in [0.15, 0.2) is 0 Å². The zero-order valence-corrected chi connectivity index (χ0v) is 18.5. The number of pyridine rings is 1. The summed E-state index contributed by atoms with van der Waals surface area (Å²) in [4.78, 5) is 12.4. The maximum absolute atomic E-state index is 13.9. The van der Waals surface area contributed by atoms with Crippen molar-refractivity contribution in [3.8, 4) is 17.0 Å². The van der Waals surface area contributed by atoms with Crippen molar-refractivity contribution < 1.29 is 17.9 Å². The maximum atomic E-state index is 13.9. The summed E-state index contributed by atoms with van der Waals surface area (Å²) >= 11 is 6.65. The van der Waals surface area contributed by atoms with Gasteiger partial charge in [0.2, 0.25) is 0 Å². The highest BCUT2D eigenvalue weighted by Crippen LogP contribution is 2.41. The van der Waals surface area contributed by atoms with Crippen LogP contribution in [0, 0.1) is 6.92 Å². The van der Waals surface area contributed by atoms with Crippen LogP contribution in [0.15, 0.2) is 29.6 Å². The van der Waals surface area contributed by atoms with Crippen molar-refractivity contribution in [3.05, 3.63) is 51.3 Å². The second-order valence-electron chi connectivity index (χ2n) is 7.79. The number of halogens is 4. The van der Waals surface area contributed by atoms with Gasteiger partial charge in [-0.05, 0) is 38.7 Å². The number of likely N-dealkylation sites (N-methyl/N-ethyl adjacent to an activating group) is 1. The van der Waals surface area contributed by atoms with E-state index in [9.17, 15) is 13.2 Å². The van der Waals surface area contributed by atoms with Crippen molar-refractivity contribution in [2.45, 2.75) is 13.1 Å². The molecule has 3 heterocycles. The lowest BCUT2D eigenvalue weighted by Crippen LogP contribution is -2.45. The molecule has 170 valence electrons. The molecule has 0 spiro atoms. The zero-order valence-electron chi connectivity index (χ0n) is 17.7. The first-order chi connectivity index (χ1) is 15.1. The largest absolute Gasteiger partial charge is 0.463 e. The van der Waals surface area contributed by atoms with Crippen LogP contribution in [0.5, 0.6) is 5.75 Å². The number of nitrogens with two attached hydrogens (primary N) is 1. The van der Waals surface area contributed by atoms with Gasteiger partial charge in [-0.25, -0.2) is 4.98 Å². The number of benzene rings is 1. The number of nitrogens with one attached hydrogen (secondary N) is 1. The molecule has 3 N–H and O–H groups in total. The lowest BCUT2D eigenvalue weighted by molar-refractivity contribution is -0.137. The number of alkyl halides is 3. The molecule has 2 aliphatic rings. The highest BCUT2D eigenvalue weighted by molar-refractivity contribution is 6.33. The van der Waals surface area contributed by atoms with E-state index in [1.54, 1.807) is 6.20 Å². The Morgan fingerprint density at radius 1 is 1.31 bits per heavy atom. The van der Waals surface area contributed by atoms with Crippen LogP contribution in [0.1, 0.15) is 11.1 Å². The van der Waals surface area contributed by atoms with Gasteiger partial charge in [0.1, 0.15) is 30.3 Å². The molecule has 0 unspecified atom stereocenters. The van der Waals surface area contributed by atoms with Crippen molar-refractivity contribution in [1.29, 1.82) is 0 Å². The molecule has 4 rings (SSSR count). The van der Waals surface area contributed by atoms with Gasteiger partial charge in [-0.2, -0.15) is 13.2 Å². The third-order valence-corrected chi connectivity index (χ3v) is 5.59. The molecule has 0 amide bonds. The van der Waals surface area contributed by atoms with E-state index < -0.39 is 11.7 Å². The summed E-state index contributed by atoms with van der Waals surface area (Å²) in [5, 5.41) is 4.22. The average Bonchev–Trinajstić information content (AvgIpc) is 2.87. The summed E-state index contributed by atoms with van der Waals surface area (Å²) in [6.45, 7) is 2.98. The molecule has 11 heteroatoms. The molecular formula is C21H22ClF3N6O. The van der Waals surface area contributed by atoms with Gasteiger partial charge in [0, 0.05) is 24.9 Å². The molecule has 32 heavy (non-hydrogen) atoms. The molecule has 1 aromatic heterocycles. The van der Waals surface area contributed by atoms with Gasteiger partial charge in [-0.1, -0.05) is 11.6 Å². The standard InChI is InChI=1S/C21H22ClF3N6O/c1-11-8-14(26)29-18(16(11)21(23,24)25)12-9-13-15-19(17(12)22)27-10-28-20(15)31(6-7-32-13)5-4-30(2)3/h6-9,28H,4-5,10H2,1-3H3,(H2,26,29). The molecule has 0 aliphatic carbocycles. The first-order valence-corrected chi connectivity index (χ1v) is 10.2. The number of anilines is 1. The number of nitrogens with zero attached hydrogens (tertiary/aromatic N) is 4. The lowest BCUT2D eigenvalue weighted by Gasteiger charge is -2.26. The predicted molar refractivity (Wildman–Crippen MR) is 116 cm³/mol. The highest BCUT2D eigenvalue weighted by atomic mass is 35.5. The molecular weight excluding hydrogens is 445 g/mol. The van der Waals surface area contributed by atoms with Gasteiger partial charge < -0.3 is 25.6 Å². The van der Waals surface area contributed by atoms with E-state index in [-0.39, 0.29) is 34.3 Å². The van der Waals surface area contributed by atoms with E-state index >= 15 is 0 Å². The molecule has 0 saturated heterocycles. The second-order valence-corrected chi connectivity index (χ2v) is 8.16. The Labute approximate surface area is 187 Å². The Hall–Kier alpha value is -2.98. The van der Waals surface area contributed by atoms with Gasteiger partial charge >= 0.3 is 6.18 Å². The fourth-order valence-electron chi connectivity index (χ4n) is 3.79. The Balaban J connectivity index is 2.00. The van der Waals surface area contributed by atoms with Crippen LogP contribution >= 0.6 is 11.6 Å². The van der Waals surface area contributed by atoms with Crippen molar-refractivity contribution in [1.82, 2.24) is 20.1 Å². The number of aryl methyl sites for hydroxylation is 1. The fourth-order valence-corrected chi connectivity index (χ4v) is 4.09. The zero-order chi connectivity index (χ0) is 23.2. The molecule has 0 bridgehead atoms. The molecule has 2 aromatic rings. The van der Waals surface area contributed by atoms with E-state index in [1.165, 1.54) is 25.3 Å². The first-order valence-electron chi connectivity index (χ1n) is 9.82. The van der Waals surface area contributed by atoms with Crippen molar-refractivity contribution in [2.75, 3.05) is 39.6 Å². The van der Waals surface area contributed by atoms with E-state index in [1.807, 2.05) is 23.9 Å². The van der Waals surface area contributed by atoms with Crippen LogP contribution in [0.3, 0.4) is 0 Å². The van der Waals surface area contributed by atoms with E-state index in [4.69, 9.17) is 22.1 Å². The Morgan fingerprint density at radius 2 is 2.06 bits per heavy atom. The number of hydrogen-bond acceptors (Lipinski definition) is 7. The molecule has 0 fully saturated rings. The maximum Gasteiger partial charge on any atom is 0.418 e. The van der Waals surface area contributed by atoms with E-state index in [0.717, 1.165) is 12.4 Å². The first kappa shape index (κ1) is 22.2. The monoisotopic (exact) mass is 466 g/mol. The van der Waals surface area contributed by atoms with Crippen LogP contribution in [-0.4, -0.2) is 48.6 Å². The van der Waals surface area contributed by atoms with Gasteiger partial charge in [-0.15, -0.1) is 0 Å². The van der Waals surface area contributed by atoms with Gasteiger partial charge in [0.05, 0.1) is 26.9 Å². The smallest absolute Gasteiger partial charge is 0.418 e. The average molecular weight is 467 g/mol. The summed E-state index contributed by atoms with van der Waals surface area (Å²) in [7, 11) is 3.93. The third-order valence-electron chi connectivity index (χ3n) is 5.21. The highest BCUT2D eigenvalue weighted by Gasteiger charge is 2.38. The van der Waals surface area contributed by atoms with E-state index in [0.29, 0.717) is 22.9 Å². The normalized spacial score (nSPS) is 15.1. The van der Waals surface area contributed by atoms with Crippen molar-refractivity contribution in [2.24, 2.45) is 4.99 Å². The van der Waals surface area contributed by atoms with Gasteiger partial charge in [0.25, 0.3) is 0 Å². The molecule has 0 saturated carbocycles. The molecule has 2 aliphatic heterocycles. The minimum absolute atomic E-state index is 0.0355. The number of aromatic nitrogens is 1. The van der Waals surface area contributed by atoms with Crippen LogP contribution in [-0.2, 0) is 6.18 Å². The van der Waals surface area contributed by atoms with Crippen LogP contribution in [0.2, 0.25) is 5.02 Å². The summed E-state index contributed by atoms with van der Waals surface area (Å²) < 4.78 is 47.5. The Kier molecular flexibility index (Phi) is 5.68. The topological polar surface area (TPSA) is 79.0 Å². The predicted octanol–water partition coefficient (Wildman–Crippen LogP) is 2.28. The number of ether oxygens (including phenoxy) is 1. The minimum atomic E-state index is -4.65. The third kappa shape index (κ3) is 3.95. The summed E-state index contributed by atoms with van der Waals surface area (Å²) in [6, 6.07) is 2.65. The van der Waals surface area contributed by atoms with Crippen molar-refractivity contribution in [3.63, 3.8) is 0 Å². The summed E-state index contributed by atoms with van der Waals surface area (Å²) in [6.07, 6.45) is -1.40. The number of hydrogen-bond donors (Lipinski definition) is 2. The van der Waals surface area contributed by atoms with E-state index in [2.05, 4.69) is 15.3 Å². The van der Waals surface area contributed by atoms with Crippen LogP contribution in [0.25, 0.3) is 17.1 Å². The minimum Gasteiger partial charge on any atom is -0.463 e. The molecule has 1 aromatic carbocycles. The lowest BCUT2D eigenvalue weighted by atomic mass is 9.99. The second kappa shape index (κ2) is 8.18. The number of nitrogen functional groups attached to an aromatic ring is 1. The fraction of sp³-hybridized carbons (Fsp3) is 0.333. The quantitative estimate of drug-likeness (QED) is 0.720. The molecule has 0 atom stereocenters. The summed E-state index contributed by atoms with van der Waals surface area (Å²) in [5.74, 6) is 1.01. The van der Waals surface area contributed by atoms with Crippen LogP contribution < -0.4 is 26.4 Å². The Bertz CT molecular complexity index is 1230. The Morgan fingerprint density at radius 3 is 2.75 bits per heavy atom. The molecule has 0 radical (unpaired) electrons. The summed E-state index contributed by atoms with van der Waals surface area (Å²) in [5.41, 5.74) is 4.56. The van der Waals surface area contributed by atoms with Gasteiger partial charge in [-0.3, -0.25) is 4.99 Å².